The summed E-state index contributed by atoms with van der Waals surface area (Å²) in [7, 11) is 0. The van der Waals surface area contributed by atoms with Crippen molar-refractivity contribution >= 4 is 17.7 Å². The Morgan fingerprint density at radius 3 is 2.58 bits per heavy atom. The number of morpholine rings is 1. The van der Waals surface area contributed by atoms with Crippen molar-refractivity contribution in [3.05, 3.63) is 16.4 Å². The van der Waals surface area contributed by atoms with Crippen molar-refractivity contribution in [2.75, 3.05) is 42.6 Å². The summed E-state index contributed by atoms with van der Waals surface area (Å²) in [6, 6.07) is -0.0875. The number of hydrogen-bond acceptors (Lipinski definition) is 6. The van der Waals surface area contributed by atoms with Crippen LogP contribution in [0.2, 0.25) is 0 Å². The molecule has 4 aliphatic heterocycles. The number of carbonyl (C=O) groups excluding carboxylic acids is 1. The molecule has 11 heteroatoms. The maximum Gasteiger partial charge on any atom is 0.408 e. The van der Waals surface area contributed by atoms with Gasteiger partial charge in [-0.15, -0.1) is 0 Å². The van der Waals surface area contributed by atoms with Crippen LogP contribution in [0.25, 0.3) is 0 Å². The van der Waals surface area contributed by atoms with Crippen LogP contribution in [-0.4, -0.2) is 77.5 Å². The van der Waals surface area contributed by atoms with Crippen LogP contribution in [0.1, 0.15) is 39.0 Å². The number of likely N-dealkylation sites (tertiary alicyclic amines) is 1. The second-order valence-corrected chi connectivity index (χ2v) is 9.68. The number of carbonyl (C=O) groups is 1. The third-order valence-corrected chi connectivity index (χ3v) is 7.64. The number of ether oxygens (including phenoxy) is 1. The first kappa shape index (κ1) is 22.5. The average molecular weight is 470 g/mol. The molecule has 3 unspecified atom stereocenters. The molecule has 8 nitrogen and oxygen atoms in total. The molecule has 5 heterocycles. The highest BCUT2D eigenvalue weighted by molar-refractivity contribution is 5.73. The molecule has 0 aliphatic carbocycles. The van der Waals surface area contributed by atoms with Gasteiger partial charge >= 0.3 is 6.18 Å². The molecule has 4 aliphatic rings. The van der Waals surface area contributed by atoms with Crippen molar-refractivity contribution < 1.29 is 22.7 Å². The van der Waals surface area contributed by atoms with E-state index in [0.29, 0.717) is 38.5 Å². The first-order valence-electron chi connectivity index (χ1n) is 11.8. The number of hydrogen-bond donors (Lipinski definition) is 0. The monoisotopic (exact) mass is 469 g/mol. The van der Waals surface area contributed by atoms with Crippen LogP contribution in [0.3, 0.4) is 0 Å². The largest absolute Gasteiger partial charge is 0.408 e. The molecule has 3 saturated heterocycles. The molecule has 182 valence electrons. The minimum Gasteiger partial charge on any atom is -0.374 e. The highest BCUT2D eigenvalue weighted by Gasteiger charge is 2.47. The van der Waals surface area contributed by atoms with Crippen LogP contribution in [0.4, 0.5) is 24.9 Å². The fraction of sp³-hybridized carbons (Fsp3) is 0.773. The molecular weight excluding hydrogens is 439 g/mol. The summed E-state index contributed by atoms with van der Waals surface area (Å²) in [5.41, 5.74) is -0.306. The molecule has 1 aromatic rings. The molecule has 3 fully saturated rings. The van der Waals surface area contributed by atoms with E-state index in [-0.39, 0.29) is 55.0 Å². The maximum atomic E-state index is 14.0. The van der Waals surface area contributed by atoms with E-state index >= 15 is 0 Å². The Bertz CT molecular complexity index is 960. The lowest BCUT2D eigenvalue weighted by atomic mass is 9.93. The van der Waals surface area contributed by atoms with Gasteiger partial charge in [0.1, 0.15) is 11.9 Å². The summed E-state index contributed by atoms with van der Waals surface area (Å²) >= 11 is 0. The van der Waals surface area contributed by atoms with E-state index < -0.39 is 12.2 Å². The van der Waals surface area contributed by atoms with Crippen LogP contribution < -0.4 is 15.4 Å². The maximum absolute atomic E-state index is 14.0. The standard InChI is InChI=1S/C22H30F3N5O3/c1-14(31)27-6-2-15(3-7-27)4-8-28-18(22(23,24)25)5-9-29-20(32)11-19(26-21(28)29)30-12-17-10-16(30)13-33-17/h11,15-18H,2-10,12-13H2,1H3. The Morgan fingerprint density at radius 2 is 1.97 bits per heavy atom. The molecule has 2 bridgehead atoms. The van der Waals surface area contributed by atoms with Crippen molar-refractivity contribution in [1.29, 1.82) is 0 Å². The molecule has 1 amide bonds. The molecule has 1 aromatic heterocycles. The van der Waals surface area contributed by atoms with E-state index in [1.807, 2.05) is 4.90 Å². The van der Waals surface area contributed by atoms with E-state index in [2.05, 4.69) is 4.98 Å². The quantitative estimate of drug-likeness (QED) is 0.672. The van der Waals surface area contributed by atoms with Gasteiger partial charge < -0.3 is 19.4 Å². The fourth-order valence-corrected chi connectivity index (χ4v) is 5.74. The number of halogens is 3. The summed E-state index contributed by atoms with van der Waals surface area (Å²) in [5, 5.41) is 0. The van der Waals surface area contributed by atoms with Crippen molar-refractivity contribution in [3.63, 3.8) is 0 Å². The highest BCUT2D eigenvalue weighted by Crippen LogP contribution is 2.37. The van der Waals surface area contributed by atoms with Gasteiger partial charge in [0.2, 0.25) is 11.9 Å². The first-order chi connectivity index (χ1) is 15.7. The van der Waals surface area contributed by atoms with Gasteiger partial charge in [-0.2, -0.15) is 18.2 Å². The molecular formula is C22H30F3N5O3. The first-order valence-corrected chi connectivity index (χ1v) is 11.8. The van der Waals surface area contributed by atoms with E-state index in [1.54, 1.807) is 4.90 Å². The molecule has 0 saturated carbocycles. The molecule has 5 rings (SSSR count). The van der Waals surface area contributed by atoms with E-state index in [4.69, 9.17) is 4.74 Å². The van der Waals surface area contributed by atoms with Crippen molar-refractivity contribution in [2.24, 2.45) is 5.92 Å². The summed E-state index contributed by atoms with van der Waals surface area (Å²) in [6.07, 6.45) is -1.49. The van der Waals surface area contributed by atoms with E-state index in [9.17, 15) is 22.8 Å². The lowest BCUT2D eigenvalue weighted by Crippen LogP contribution is -2.53. The normalized spacial score (nSPS) is 27.9. The van der Waals surface area contributed by atoms with Crippen LogP contribution >= 0.6 is 0 Å². The summed E-state index contributed by atoms with van der Waals surface area (Å²) in [5.74, 6) is 0.847. The number of alkyl halides is 3. The molecule has 0 N–H and O–H groups in total. The smallest absolute Gasteiger partial charge is 0.374 e. The Hall–Kier alpha value is -2.30. The van der Waals surface area contributed by atoms with Crippen molar-refractivity contribution in [3.8, 4) is 0 Å². The summed E-state index contributed by atoms with van der Waals surface area (Å²) < 4.78 is 49.0. The lowest BCUT2D eigenvalue weighted by molar-refractivity contribution is -0.152. The van der Waals surface area contributed by atoms with Crippen LogP contribution in [0.5, 0.6) is 0 Å². The molecule has 0 radical (unpaired) electrons. The molecule has 33 heavy (non-hydrogen) atoms. The van der Waals surface area contributed by atoms with E-state index in [0.717, 1.165) is 19.3 Å². The average Bonchev–Trinajstić information content (AvgIpc) is 3.41. The molecule has 0 aromatic carbocycles. The highest BCUT2D eigenvalue weighted by atomic mass is 19.4. The summed E-state index contributed by atoms with van der Waals surface area (Å²) in [6.45, 7) is 4.17. The Labute approximate surface area is 190 Å². The third-order valence-electron chi connectivity index (χ3n) is 7.64. The lowest BCUT2D eigenvalue weighted by Gasteiger charge is -2.41. The van der Waals surface area contributed by atoms with Crippen molar-refractivity contribution in [2.45, 2.75) is 69.9 Å². The number of rotatable bonds is 4. The van der Waals surface area contributed by atoms with Gasteiger partial charge in [-0.25, -0.2) is 0 Å². The van der Waals surface area contributed by atoms with Gasteiger partial charge in [-0.3, -0.25) is 14.2 Å². The number of anilines is 2. The van der Waals surface area contributed by atoms with Crippen LogP contribution in [0, 0.1) is 5.92 Å². The minimum atomic E-state index is -4.41. The Balaban J connectivity index is 1.39. The second-order valence-electron chi connectivity index (χ2n) is 9.68. The van der Waals surface area contributed by atoms with Gasteiger partial charge in [-0.05, 0) is 38.0 Å². The predicted octanol–water partition coefficient (Wildman–Crippen LogP) is 2.01. The Kier molecular flexibility index (Phi) is 5.78. The topological polar surface area (TPSA) is 70.9 Å². The predicted molar refractivity (Wildman–Crippen MR) is 115 cm³/mol. The Morgan fingerprint density at radius 1 is 1.21 bits per heavy atom. The zero-order valence-electron chi connectivity index (χ0n) is 18.8. The SMILES string of the molecule is CC(=O)N1CCC(CCN2c3nc(N4CC5CC4CO5)cc(=O)n3CCC2C(F)(F)F)CC1. The number of piperidine rings is 1. The third kappa shape index (κ3) is 4.31. The van der Waals surface area contributed by atoms with Crippen LogP contribution in [0.15, 0.2) is 10.9 Å². The van der Waals surface area contributed by atoms with Gasteiger partial charge in [0.05, 0.1) is 18.8 Å². The second kappa shape index (κ2) is 8.48. The number of amides is 1. The number of aromatic nitrogens is 2. The van der Waals surface area contributed by atoms with E-state index in [1.165, 1.54) is 22.5 Å². The van der Waals surface area contributed by atoms with Gasteiger partial charge in [0.15, 0.2) is 0 Å². The van der Waals surface area contributed by atoms with Crippen LogP contribution in [-0.2, 0) is 16.1 Å². The van der Waals surface area contributed by atoms with Gasteiger partial charge in [-0.1, -0.05) is 0 Å². The molecule has 0 spiro atoms. The molecule has 3 atom stereocenters. The summed E-state index contributed by atoms with van der Waals surface area (Å²) in [4.78, 5) is 34.2. The van der Waals surface area contributed by atoms with Crippen molar-refractivity contribution in [1.82, 2.24) is 14.5 Å². The number of fused-ring (bicyclic) bond motifs is 3. The zero-order valence-corrected chi connectivity index (χ0v) is 18.8. The fourth-order valence-electron chi connectivity index (χ4n) is 5.74. The van der Waals surface area contributed by atoms with Gasteiger partial charge in [0.25, 0.3) is 5.56 Å². The number of nitrogens with zero attached hydrogens (tertiary/aromatic N) is 5. The van der Waals surface area contributed by atoms with Gasteiger partial charge in [0, 0.05) is 45.7 Å². The minimum absolute atomic E-state index is 0.00822. The zero-order chi connectivity index (χ0) is 23.3.